The van der Waals surface area contributed by atoms with E-state index in [0.717, 1.165) is 31.5 Å². The van der Waals surface area contributed by atoms with Gasteiger partial charge < -0.3 is 10.6 Å². The van der Waals surface area contributed by atoms with Crippen molar-refractivity contribution in [2.75, 3.05) is 19.6 Å². The zero-order chi connectivity index (χ0) is 14.0. The van der Waals surface area contributed by atoms with Gasteiger partial charge in [-0.3, -0.25) is 4.79 Å². The largest absolute Gasteiger partial charge is 0.338 e. The summed E-state index contributed by atoms with van der Waals surface area (Å²) in [6.45, 7) is 8.75. The molecule has 0 aliphatic carbocycles. The van der Waals surface area contributed by atoms with E-state index in [1.807, 2.05) is 4.90 Å². The van der Waals surface area contributed by atoms with Gasteiger partial charge in [0.15, 0.2) is 0 Å². The Morgan fingerprint density at radius 3 is 2.68 bits per heavy atom. The molecule has 0 spiro atoms. The molecule has 1 heterocycles. The SMILES string of the molecule is CC(C)(C)c1ccc2c(c1)C(=O)N(CCCN)CC2. The maximum Gasteiger partial charge on any atom is 0.254 e. The minimum atomic E-state index is 0.0782. The van der Waals surface area contributed by atoms with Crippen LogP contribution in [0.3, 0.4) is 0 Å². The van der Waals surface area contributed by atoms with Crippen molar-refractivity contribution in [2.45, 2.75) is 39.0 Å². The Hall–Kier alpha value is -1.35. The van der Waals surface area contributed by atoms with Crippen LogP contribution >= 0.6 is 0 Å². The number of fused-ring (bicyclic) bond motifs is 1. The van der Waals surface area contributed by atoms with Crippen LogP contribution in [0.2, 0.25) is 0 Å². The standard InChI is InChI=1S/C16H24N2O/c1-16(2,3)13-6-5-12-7-10-18(9-4-8-17)15(19)14(12)11-13/h5-6,11H,4,7-10,17H2,1-3H3. The molecule has 19 heavy (non-hydrogen) atoms. The molecule has 1 aromatic carbocycles. The molecular formula is C16H24N2O. The van der Waals surface area contributed by atoms with Crippen molar-refractivity contribution in [1.29, 1.82) is 0 Å². The van der Waals surface area contributed by atoms with Crippen LogP contribution in [0.1, 0.15) is 48.7 Å². The average Bonchev–Trinajstić information content (AvgIpc) is 2.37. The minimum Gasteiger partial charge on any atom is -0.338 e. The molecule has 0 saturated heterocycles. The van der Waals surface area contributed by atoms with Crippen molar-refractivity contribution in [3.05, 3.63) is 34.9 Å². The molecule has 0 unspecified atom stereocenters. The van der Waals surface area contributed by atoms with Crippen LogP contribution in [0, 0.1) is 0 Å². The van der Waals surface area contributed by atoms with E-state index in [2.05, 4.69) is 39.0 Å². The monoisotopic (exact) mass is 260 g/mol. The molecule has 2 N–H and O–H groups in total. The first-order chi connectivity index (χ1) is 8.93. The highest BCUT2D eigenvalue weighted by Crippen LogP contribution is 2.27. The van der Waals surface area contributed by atoms with E-state index in [9.17, 15) is 4.79 Å². The molecule has 1 aromatic rings. The molecule has 0 bridgehead atoms. The van der Waals surface area contributed by atoms with Crippen molar-refractivity contribution in [2.24, 2.45) is 5.73 Å². The zero-order valence-electron chi connectivity index (χ0n) is 12.2. The van der Waals surface area contributed by atoms with Crippen molar-refractivity contribution in [1.82, 2.24) is 4.90 Å². The summed E-state index contributed by atoms with van der Waals surface area (Å²) in [4.78, 5) is 14.4. The van der Waals surface area contributed by atoms with E-state index in [4.69, 9.17) is 5.73 Å². The van der Waals surface area contributed by atoms with Gasteiger partial charge in [0.1, 0.15) is 0 Å². The average molecular weight is 260 g/mol. The van der Waals surface area contributed by atoms with Crippen LogP contribution in [-0.4, -0.2) is 30.4 Å². The lowest BCUT2D eigenvalue weighted by Crippen LogP contribution is -2.39. The zero-order valence-corrected chi connectivity index (χ0v) is 12.2. The van der Waals surface area contributed by atoms with E-state index in [0.29, 0.717) is 6.54 Å². The van der Waals surface area contributed by atoms with Crippen molar-refractivity contribution < 1.29 is 4.79 Å². The second-order valence-corrected chi connectivity index (χ2v) is 6.31. The Morgan fingerprint density at radius 2 is 2.05 bits per heavy atom. The van der Waals surface area contributed by atoms with Crippen molar-refractivity contribution >= 4 is 5.91 Å². The van der Waals surface area contributed by atoms with Gasteiger partial charge in [-0.2, -0.15) is 0 Å². The topological polar surface area (TPSA) is 46.3 Å². The van der Waals surface area contributed by atoms with Gasteiger partial charge in [-0.05, 0) is 42.0 Å². The first-order valence-electron chi connectivity index (χ1n) is 7.06. The predicted octanol–water partition coefficient (Wildman–Crippen LogP) is 2.33. The van der Waals surface area contributed by atoms with Crippen LogP contribution in [0.5, 0.6) is 0 Å². The van der Waals surface area contributed by atoms with Gasteiger partial charge in [-0.1, -0.05) is 32.9 Å². The summed E-state index contributed by atoms with van der Waals surface area (Å²) >= 11 is 0. The molecule has 1 aliphatic heterocycles. The fourth-order valence-corrected chi connectivity index (χ4v) is 2.48. The first kappa shape index (κ1) is 14.1. The van der Waals surface area contributed by atoms with Gasteiger partial charge in [0, 0.05) is 18.7 Å². The summed E-state index contributed by atoms with van der Waals surface area (Å²) in [6, 6.07) is 6.35. The third-order valence-corrected chi connectivity index (χ3v) is 3.78. The van der Waals surface area contributed by atoms with Gasteiger partial charge in [0.2, 0.25) is 0 Å². The second kappa shape index (κ2) is 5.33. The Morgan fingerprint density at radius 1 is 1.32 bits per heavy atom. The van der Waals surface area contributed by atoms with E-state index < -0.39 is 0 Å². The highest BCUT2D eigenvalue weighted by atomic mass is 16.2. The smallest absolute Gasteiger partial charge is 0.254 e. The molecule has 3 nitrogen and oxygen atoms in total. The third kappa shape index (κ3) is 2.98. The van der Waals surface area contributed by atoms with Gasteiger partial charge in [0.05, 0.1) is 0 Å². The molecule has 2 rings (SSSR count). The van der Waals surface area contributed by atoms with Gasteiger partial charge in [-0.15, -0.1) is 0 Å². The number of hydrogen-bond donors (Lipinski definition) is 1. The first-order valence-corrected chi connectivity index (χ1v) is 7.06. The molecule has 1 aliphatic rings. The maximum absolute atomic E-state index is 12.5. The second-order valence-electron chi connectivity index (χ2n) is 6.31. The molecule has 0 aromatic heterocycles. The third-order valence-electron chi connectivity index (χ3n) is 3.78. The summed E-state index contributed by atoms with van der Waals surface area (Å²) < 4.78 is 0. The fraction of sp³-hybridized carbons (Fsp3) is 0.562. The fourth-order valence-electron chi connectivity index (χ4n) is 2.48. The number of carbonyl (C=O) groups is 1. The normalized spacial score (nSPS) is 15.6. The highest BCUT2D eigenvalue weighted by Gasteiger charge is 2.25. The number of hydrogen-bond acceptors (Lipinski definition) is 2. The van der Waals surface area contributed by atoms with Crippen LogP contribution in [0.4, 0.5) is 0 Å². The van der Waals surface area contributed by atoms with Crippen LogP contribution in [0.15, 0.2) is 18.2 Å². The number of amides is 1. The van der Waals surface area contributed by atoms with Gasteiger partial charge in [0.25, 0.3) is 5.91 Å². The quantitative estimate of drug-likeness (QED) is 0.906. The highest BCUT2D eigenvalue weighted by molar-refractivity contribution is 5.97. The summed E-state index contributed by atoms with van der Waals surface area (Å²) in [5.41, 5.74) is 8.90. The van der Waals surface area contributed by atoms with Crippen LogP contribution in [0.25, 0.3) is 0 Å². The molecule has 0 saturated carbocycles. The molecule has 1 amide bonds. The van der Waals surface area contributed by atoms with Crippen molar-refractivity contribution in [3.8, 4) is 0 Å². The van der Waals surface area contributed by atoms with Crippen LogP contribution < -0.4 is 5.73 Å². The summed E-state index contributed by atoms with van der Waals surface area (Å²) in [5.74, 6) is 0.167. The molecule has 104 valence electrons. The Kier molecular flexibility index (Phi) is 3.95. The number of carbonyl (C=O) groups excluding carboxylic acids is 1. The van der Waals surface area contributed by atoms with Gasteiger partial charge in [-0.25, -0.2) is 0 Å². The number of benzene rings is 1. The summed E-state index contributed by atoms with van der Waals surface area (Å²) in [7, 11) is 0. The maximum atomic E-state index is 12.5. The molecule has 0 atom stereocenters. The molecule has 0 fully saturated rings. The van der Waals surface area contributed by atoms with E-state index in [1.165, 1.54) is 11.1 Å². The predicted molar refractivity (Wildman–Crippen MR) is 78.4 cm³/mol. The summed E-state index contributed by atoms with van der Waals surface area (Å²) in [6.07, 6.45) is 1.83. The lowest BCUT2D eigenvalue weighted by molar-refractivity contribution is 0.0739. The number of nitrogens with zero attached hydrogens (tertiary/aromatic N) is 1. The Bertz CT molecular complexity index is 474. The number of nitrogens with two attached hydrogens (primary N) is 1. The van der Waals surface area contributed by atoms with E-state index >= 15 is 0 Å². The van der Waals surface area contributed by atoms with E-state index in [-0.39, 0.29) is 11.3 Å². The van der Waals surface area contributed by atoms with E-state index in [1.54, 1.807) is 0 Å². The molecular weight excluding hydrogens is 236 g/mol. The van der Waals surface area contributed by atoms with Gasteiger partial charge >= 0.3 is 0 Å². The molecule has 0 radical (unpaired) electrons. The Labute approximate surface area is 115 Å². The summed E-state index contributed by atoms with van der Waals surface area (Å²) in [5, 5.41) is 0. The number of rotatable bonds is 3. The lowest BCUT2D eigenvalue weighted by atomic mass is 9.84. The molecule has 3 heteroatoms. The van der Waals surface area contributed by atoms with Crippen LogP contribution in [-0.2, 0) is 11.8 Å². The van der Waals surface area contributed by atoms with Crippen molar-refractivity contribution in [3.63, 3.8) is 0 Å². The lowest BCUT2D eigenvalue weighted by Gasteiger charge is -2.30. The Balaban J connectivity index is 2.28. The minimum absolute atomic E-state index is 0.0782.